The van der Waals surface area contributed by atoms with E-state index < -0.39 is 23.6 Å². The zero-order valence-electron chi connectivity index (χ0n) is 42.1. The molecule has 17 heteroatoms. The monoisotopic (exact) mass is 995 g/mol. The highest BCUT2D eigenvalue weighted by Gasteiger charge is 2.44. The summed E-state index contributed by atoms with van der Waals surface area (Å²) in [4.78, 5) is 67.3. The number of aromatic nitrogens is 5. The Balaban J connectivity index is 0.683. The summed E-state index contributed by atoms with van der Waals surface area (Å²) in [7, 11) is 0. The van der Waals surface area contributed by atoms with E-state index in [1.807, 2.05) is 94.0 Å². The van der Waals surface area contributed by atoms with Gasteiger partial charge in [-0.15, -0.1) is 11.3 Å². The predicted octanol–water partition coefficient (Wildman–Crippen LogP) is 8.74. The van der Waals surface area contributed by atoms with Crippen LogP contribution in [0.5, 0.6) is 0 Å². The second-order valence-corrected chi connectivity index (χ2v) is 21.6. The van der Waals surface area contributed by atoms with E-state index in [2.05, 4.69) is 69.9 Å². The molecule has 0 radical (unpaired) electrons. The van der Waals surface area contributed by atoms with Gasteiger partial charge in [0, 0.05) is 75.2 Å². The summed E-state index contributed by atoms with van der Waals surface area (Å²) >= 11 is 1.59. The summed E-state index contributed by atoms with van der Waals surface area (Å²) < 4.78 is 2.26. The normalized spacial score (nSPS) is 18.1. The predicted molar refractivity (Wildman–Crippen MR) is 286 cm³/mol. The molecule has 3 fully saturated rings. The number of piperazine rings is 1. The minimum absolute atomic E-state index is 0.0428. The summed E-state index contributed by atoms with van der Waals surface area (Å²) in [5, 5.41) is 23.6. The SMILES string of the molecule is Cc1ncsc1-c1ccc(CNC(=O)[C@@H]2C[C@@H](O)CN2C(=O)[C@@H](NC(=O)CCCCCCN2CCN(c3ccc(Nc4ncc5nc(Nc6ccccc6)n(C6CCCC6)c5n4)cc3)CC2)C(C)(C)C)cc1. The average Bonchev–Trinajstić information content (AvgIpc) is 4.21. The van der Waals surface area contributed by atoms with Gasteiger partial charge in [-0.3, -0.25) is 23.9 Å². The van der Waals surface area contributed by atoms with Crippen LogP contribution in [0.1, 0.15) is 102 Å². The Morgan fingerprint density at radius 3 is 2.26 bits per heavy atom. The number of β-amino-alcohol motifs (C(OH)–C–C–N with tert-alkyl or cyclic N) is 1. The molecule has 3 aliphatic rings. The molecule has 72 heavy (non-hydrogen) atoms. The van der Waals surface area contributed by atoms with Crippen LogP contribution in [0.25, 0.3) is 21.6 Å². The lowest BCUT2D eigenvalue weighted by Crippen LogP contribution is -2.57. The van der Waals surface area contributed by atoms with Crippen molar-refractivity contribution in [3.05, 3.63) is 102 Å². The molecule has 1 saturated carbocycles. The standard InChI is InChI=1S/C55H70N12O4S/c1-37-48(72-36-58-37)39-21-19-38(20-22-39)33-56-51(70)46-32-44(68)35-66(46)52(71)49(55(2,3)4)62-47(69)18-10-5-6-13-27-64-28-30-65(31-29-64)42-25-23-41(24-26-42)59-53-57-34-45-50(63-53)67(43-16-11-12-17-43)54(61-45)60-40-14-8-7-9-15-40/h7-9,14-15,19-26,34,36,43-44,46,49,68H,5-6,10-13,16-18,27-33,35H2,1-4H3,(H,56,70)(H,60,61)(H,62,69)(H,57,59,63)/t44-,46+,49-/m1/s1. The van der Waals surface area contributed by atoms with E-state index >= 15 is 0 Å². The van der Waals surface area contributed by atoms with Crippen LogP contribution in [-0.4, -0.2) is 115 Å². The number of carbonyl (C=O) groups excluding carboxylic acids is 3. The van der Waals surface area contributed by atoms with Crippen molar-refractivity contribution in [3.63, 3.8) is 0 Å². The zero-order chi connectivity index (χ0) is 50.2. The molecule has 0 bridgehead atoms. The number of likely N-dealkylation sites (tertiary alicyclic amines) is 1. The van der Waals surface area contributed by atoms with Gasteiger partial charge in [-0.25, -0.2) is 15.0 Å². The maximum absolute atomic E-state index is 14.1. The molecule has 3 atom stereocenters. The number of aryl methyl sites for hydroxylation is 1. The third kappa shape index (κ3) is 12.4. The van der Waals surface area contributed by atoms with Gasteiger partial charge in [0.25, 0.3) is 0 Å². The number of hydrogen-bond donors (Lipinski definition) is 5. The van der Waals surface area contributed by atoms with Gasteiger partial charge in [0.15, 0.2) is 5.65 Å². The first-order chi connectivity index (χ1) is 34.9. The van der Waals surface area contributed by atoms with E-state index in [-0.39, 0.29) is 30.7 Å². The Kier molecular flexibility index (Phi) is 16.1. The Bertz CT molecular complexity index is 2760. The molecule has 3 aromatic carbocycles. The van der Waals surface area contributed by atoms with Crippen molar-refractivity contribution in [1.82, 2.24) is 44.9 Å². The van der Waals surface area contributed by atoms with E-state index in [1.54, 1.807) is 11.3 Å². The second-order valence-electron chi connectivity index (χ2n) is 20.7. The number of thiazole rings is 1. The quantitative estimate of drug-likeness (QED) is 0.0487. The number of imidazole rings is 1. The molecule has 5 N–H and O–H groups in total. The summed E-state index contributed by atoms with van der Waals surface area (Å²) in [6.07, 6.45) is 9.81. The first-order valence-electron chi connectivity index (χ1n) is 25.8. The van der Waals surface area contributed by atoms with Gasteiger partial charge in [-0.05, 0) is 92.1 Å². The summed E-state index contributed by atoms with van der Waals surface area (Å²) in [6.45, 7) is 13.0. The Labute approximate surface area is 427 Å². The molecule has 380 valence electrons. The Morgan fingerprint density at radius 1 is 0.833 bits per heavy atom. The topological polar surface area (TPSA) is 186 Å². The minimum Gasteiger partial charge on any atom is -0.391 e. The van der Waals surface area contributed by atoms with Gasteiger partial charge in [-0.2, -0.15) is 4.98 Å². The number of aliphatic hydroxyl groups excluding tert-OH is 1. The average molecular weight is 995 g/mol. The van der Waals surface area contributed by atoms with Crippen LogP contribution in [0.15, 0.2) is 90.6 Å². The number of hydrogen-bond acceptors (Lipinski definition) is 13. The van der Waals surface area contributed by atoms with Crippen LogP contribution in [0.3, 0.4) is 0 Å². The van der Waals surface area contributed by atoms with E-state index in [0.717, 1.165) is 121 Å². The molecule has 0 unspecified atom stereocenters. The van der Waals surface area contributed by atoms with Gasteiger partial charge in [-0.1, -0.05) is 88.9 Å². The van der Waals surface area contributed by atoms with Crippen molar-refractivity contribution in [2.75, 3.05) is 54.8 Å². The lowest BCUT2D eigenvalue weighted by atomic mass is 9.85. The largest absolute Gasteiger partial charge is 0.391 e. The summed E-state index contributed by atoms with van der Waals surface area (Å²) in [6, 6.07) is 25.3. The number of nitrogens with one attached hydrogen (secondary N) is 4. The number of para-hydroxylation sites is 1. The van der Waals surface area contributed by atoms with Gasteiger partial charge in [0.05, 0.1) is 28.4 Å². The van der Waals surface area contributed by atoms with Crippen LogP contribution in [0, 0.1) is 12.3 Å². The third-order valence-corrected chi connectivity index (χ3v) is 15.3. The van der Waals surface area contributed by atoms with Gasteiger partial charge in [0.2, 0.25) is 29.6 Å². The van der Waals surface area contributed by atoms with Crippen LogP contribution in [0.4, 0.5) is 29.0 Å². The fourth-order valence-corrected chi connectivity index (χ4v) is 11.1. The molecule has 16 nitrogen and oxygen atoms in total. The number of nitrogens with zero attached hydrogens (tertiary/aromatic N) is 8. The van der Waals surface area contributed by atoms with Crippen molar-refractivity contribution >= 4 is 69.2 Å². The first-order valence-corrected chi connectivity index (χ1v) is 26.7. The number of benzene rings is 3. The summed E-state index contributed by atoms with van der Waals surface area (Å²) in [5.41, 5.74) is 8.94. The highest BCUT2D eigenvalue weighted by atomic mass is 32.1. The fraction of sp³-hybridized carbons (Fsp3) is 0.473. The Hall–Kier alpha value is -6.43. The fourth-order valence-electron chi connectivity index (χ4n) is 10.3. The van der Waals surface area contributed by atoms with Crippen molar-refractivity contribution < 1.29 is 19.5 Å². The third-order valence-electron chi connectivity index (χ3n) is 14.4. The molecule has 3 aromatic heterocycles. The number of aliphatic hydroxyl groups is 1. The second kappa shape index (κ2) is 23.0. The molecule has 9 rings (SSSR count). The highest BCUT2D eigenvalue weighted by molar-refractivity contribution is 7.13. The number of fused-ring (bicyclic) bond motifs is 1. The summed E-state index contributed by atoms with van der Waals surface area (Å²) in [5.74, 6) is 0.508. The number of amides is 3. The highest BCUT2D eigenvalue weighted by Crippen LogP contribution is 2.36. The lowest BCUT2D eigenvalue weighted by Gasteiger charge is -2.36. The Morgan fingerprint density at radius 2 is 1.56 bits per heavy atom. The number of anilines is 5. The van der Waals surface area contributed by atoms with Crippen molar-refractivity contribution in [1.29, 1.82) is 0 Å². The van der Waals surface area contributed by atoms with Gasteiger partial charge in [0.1, 0.15) is 17.6 Å². The van der Waals surface area contributed by atoms with Crippen molar-refractivity contribution in [2.24, 2.45) is 5.41 Å². The van der Waals surface area contributed by atoms with Gasteiger partial charge < -0.3 is 36.2 Å². The van der Waals surface area contributed by atoms with Crippen LogP contribution < -0.4 is 26.2 Å². The molecular weight excluding hydrogens is 925 g/mol. The van der Waals surface area contributed by atoms with Crippen molar-refractivity contribution in [2.45, 2.75) is 123 Å². The number of unbranched alkanes of at least 4 members (excludes halogenated alkanes) is 3. The van der Waals surface area contributed by atoms with Crippen LogP contribution in [-0.2, 0) is 20.9 Å². The first kappa shape index (κ1) is 50.5. The van der Waals surface area contributed by atoms with E-state index in [9.17, 15) is 19.5 Å². The van der Waals surface area contributed by atoms with Crippen LogP contribution in [0.2, 0.25) is 0 Å². The minimum atomic E-state index is -0.840. The van der Waals surface area contributed by atoms with E-state index in [0.29, 0.717) is 25.0 Å². The molecular formula is C55H70N12O4S. The lowest BCUT2D eigenvalue weighted by molar-refractivity contribution is -0.144. The molecule has 0 spiro atoms. The number of rotatable bonds is 19. The van der Waals surface area contributed by atoms with Crippen LogP contribution >= 0.6 is 11.3 Å². The molecule has 2 aliphatic heterocycles. The maximum Gasteiger partial charge on any atom is 0.246 e. The maximum atomic E-state index is 14.1. The van der Waals surface area contributed by atoms with E-state index in [4.69, 9.17) is 9.97 Å². The molecule has 3 amide bonds. The molecule has 5 heterocycles. The number of carbonyl (C=O) groups is 3. The zero-order valence-corrected chi connectivity index (χ0v) is 43.0. The smallest absolute Gasteiger partial charge is 0.246 e. The van der Waals surface area contributed by atoms with Crippen molar-refractivity contribution in [3.8, 4) is 10.4 Å². The molecule has 1 aliphatic carbocycles. The van der Waals surface area contributed by atoms with E-state index in [1.165, 1.54) is 23.4 Å². The van der Waals surface area contributed by atoms with Gasteiger partial charge >= 0.3 is 0 Å². The molecule has 6 aromatic rings. The molecule has 2 saturated heterocycles.